The van der Waals surface area contributed by atoms with E-state index in [1.54, 1.807) is 32.4 Å². The van der Waals surface area contributed by atoms with Crippen molar-refractivity contribution in [1.82, 2.24) is 9.29 Å². The van der Waals surface area contributed by atoms with Crippen LogP contribution in [0.3, 0.4) is 0 Å². The van der Waals surface area contributed by atoms with Crippen LogP contribution in [0.5, 0.6) is 0 Å². The maximum atomic E-state index is 12.8. The average Bonchev–Trinajstić information content (AvgIpc) is 2.55. The minimum absolute atomic E-state index is 0.211. The van der Waals surface area contributed by atoms with E-state index in [0.717, 1.165) is 19.3 Å². The zero-order valence-corrected chi connectivity index (χ0v) is 14.2. The lowest BCUT2D eigenvalue weighted by molar-refractivity contribution is -0.0317. The molecule has 0 saturated heterocycles. The molecule has 0 aliphatic heterocycles. The molecular formula is C15H22N2O4S. The molecule has 0 atom stereocenters. The number of rotatable bonds is 5. The second kappa shape index (κ2) is 4.83. The van der Waals surface area contributed by atoms with Crippen molar-refractivity contribution in [3.05, 3.63) is 17.0 Å². The van der Waals surface area contributed by atoms with Gasteiger partial charge in [-0.05, 0) is 46.0 Å². The smallest absolute Gasteiger partial charge is 0.355 e. The molecule has 4 rings (SSSR count). The summed E-state index contributed by atoms with van der Waals surface area (Å²) in [6, 6.07) is 0. The number of sulfonamides is 1. The highest BCUT2D eigenvalue weighted by molar-refractivity contribution is 7.89. The van der Waals surface area contributed by atoms with Gasteiger partial charge in [0.1, 0.15) is 10.6 Å². The number of aromatic nitrogens is 1. The molecule has 6 nitrogen and oxygen atoms in total. The quantitative estimate of drug-likeness (QED) is 0.835. The monoisotopic (exact) mass is 326 g/mol. The highest BCUT2D eigenvalue weighted by atomic mass is 32.2. The van der Waals surface area contributed by atoms with Gasteiger partial charge in [0.2, 0.25) is 10.0 Å². The van der Waals surface area contributed by atoms with E-state index < -0.39 is 16.0 Å². The molecular weight excluding hydrogens is 304 g/mol. The third-order valence-electron chi connectivity index (χ3n) is 4.99. The molecule has 3 aliphatic carbocycles. The van der Waals surface area contributed by atoms with Crippen molar-refractivity contribution in [2.45, 2.75) is 50.5 Å². The van der Waals surface area contributed by atoms with Crippen LogP contribution < -0.4 is 4.72 Å². The highest BCUT2D eigenvalue weighted by Crippen LogP contribution is 2.57. The predicted octanol–water partition coefficient (Wildman–Crippen LogP) is 1.65. The van der Waals surface area contributed by atoms with E-state index in [2.05, 4.69) is 4.72 Å². The zero-order valence-electron chi connectivity index (χ0n) is 13.4. The number of hydrogen-bond acceptors (Lipinski definition) is 4. The molecule has 2 bridgehead atoms. The van der Waals surface area contributed by atoms with E-state index in [1.165, 1.54) is 0 Å². The van der Waals surface area contributed by atoms with E-state index in [1.807, 2.05) is 0 Å². The van der Waals surface area contributed by atoms with Crippen molar-refractivity contribution in [2.24, 2.45) is 13.0 Å². The van der Waals surface area contributed by atoms with Crippen LogP contribution in [0.15, 0.2) is 4.90 Å². The maximum Gasteiger partial charge on any atom is 0.355 e. The topological polar surface area (TPSA) is 77.4 Å². The predicted molar refractivity (Wildman–Crippen MR) is 81.2 cm³/mol. The average molecular weight is 326 g/mol. The van der Waals surface area contributed by atoms with Crippen LogP contribution in [0.1, 0.15) is 47.9 Å². The van der Waals surface area contributed by atoms with E-state index in [0.29, 0.717) is 22.9 Å². The Morgan fingerprint density at radius 3 is 2.41 bits per heavy atom. The third kappa shape index (κ3) is 2.10. The molecule has 7 heteroatoms. The van der Waals surface area contributed by atoms with Gasteiger partial charge in [-0.25, -0.2) is 17.9 Å². The number of hydrogen-bond donors (Lipinski definition) is 1. The van der Waals surface area contributed by atoms with Gasteiger partial charge >= 0.3 is 5.97 Å². The van der Waals surface area contributed by atoms with Gasteiger partial charge in [0.15, 0.2) is 0 Å². The molecule has 122 valence electrons. The fourth-order valence-electron chi connectivity index (χ4n) is 3.78. The summed E-state index contributed by atoms with van der Waals surface area (Å²) < 4.78 is 35.0. The molecule has 0 aromatic carbocycles. The molecule has 3 saturated carbocycles. The summed E-state index contributed by atoms with van der Waals surface area (Å²) in [4.78, 5) is 12.3. The lowest BCUT2D eigenvalue weighted by Gasteiger charge is -2.61. The second-order valence-electron chi connectivity index (χ2n) is 6.53. The van der Waals surface area contributed by atoms with Crippen LogP contribution in [0.2, 0.25) is 0 Å². The highest BCUT2D eigenvalue weighted by Gasteiger charge is 2.58. The van der Waals surface area contributed by atoms with Crippen LogP contribution in [0.4, 0.5) is 0 Å². The Morgan fingerprint density at radius 1 is 1.36 bits per heavy atom. The molecule has 3 fully saturated rings. The first-order valence-electron chi connectivity index (χ1n) is 7.58. The number of esters is 1. The van der Waals surface area contributed by atoms with Gasteiger partial charge in [0.05, 0.1) is 6.61 Å². The van der Waals surface area contributed by atoms with Crippen molar-refractivity contribution in [2.75, 3.05) is 6.61 Å². The van der Waals surface area contributed by atoms with Gasteiger partial charge in [-0.1, -0.05) is 0 Å². The van der Waals surface area contributed by atoms with Gasteiger partial charge in [-0.15, -0.1) is 0 Å². The Balaban J connectivity index is 1.99. The van der Waals surface area contributed by atoms with Gasteiger partial charge in [-0.2, -0.15) is 0 Å². The lowest BCUT2D eigenvalue weighted by atomic mass is 9.50. The van der Waals surface area contributed by atoms with Gasteiger partial charge < -0.3 is 9.30 Å². The molecule has 1 aromatic heterocycles. The molecule has 0 amide bonds. The molecule has 1 N–H and O–H groups in total. The fraction of sp³-hybridized carbons (Fsp3) is 0.667. The third-order valence-corrected chi connectivity index (χ3v) is 6.83. The van der Waals surface area contributed by atoms with Crippen molar-refractivity contribution < 1.29 is 17.9 Å². The van der Waals surface area contributed by atoms with Crippen molar-refractivity contribution in [1.29, 1.82) is 0 Å². The van der Waals surface area contributed by atoms with E-state index in [9.17, 15) is 13.2 Å². The first kappa shape index (κ1) is 15.6. The molecule has 22 heavy (non-hydrogen) atoms. The number of carbonyl (C=O) groups is 1. The summed E-state index contributed by atoms with van der Waals surface area (Å²) in [5.41, 5.74) is 1.08. The number of nitrogens with zero attached hydrogens (tertiary/aromatic N) is 1. The Labute approximate surface area is 130 Å². The van der Waals surface area contributed by atoms with Crippen LogP contribution in [0.25, 0.3) is 0 Å². The molecule has 3 aliphatic rings. The minimum atomic E-state index is -3.63. The van der Waals surface area contributed by atoms with E-state index in [-0.39, 0.29) is 17.0 Å². The second-order valence-corrected chi connectivity index (χ2v) is 8.15. The Morgan fingerprint density at radius 2 is 1.95 bits per heavy atom. The Bertz CT molecular complexity index is 731. The van der Waals surface area contributed by atoms with Gasteiger partial charge in [-0.3, -0.25) is 0 Å². The summed E-state index contributed by atoms with van der Waals surface area (Å²) in [5, 5.41) is 0. The van der Waals surface area contributed by atoms with Gasteiger partial charge in [0.25, 0.3) is 0 Å². The van der Waals surface area contributed by atoms with Crippen molar-refractivity contribution in [3.63, 3.8) is 0 Å². The van der Waals surface area contributed by atoms with Crippen molar-refractivity contribution >= 4 is 16.0 Å². The molecule has 0 radical (unpaired) electrons. The lowest BCUT2D eigenvalue weighted by Crippen LogP contribution is -2.68. The number of carbonyl (C=O) groups excluding carboxylic acids is 1. The minimum Gasteiger partial charge on any atom is -0.461 e. The van der Waals surface area contributed by atoms with E-state index >= 15 is 0 Å². The van der Waals surface area contributed by atoms with E-state index in [4.69, 9.17) is 4.74 Å². The van der Waals surface area contributed by atoms with Crippen LogP contribution >= 0.6 is 0 Å². The summed E-state index contributed by atoms with van der Waals surface area (Å²) in [6.07, 6.45) is 2.80. The maximum absolute atomic E-state index is 12.8. The summed E-state index contributed by atoms with van der Waals surface area (Å²) in [7, 11) is -1.94. The fourth-order valence-corrected chi connectivity index (χ4v) is 5.72. The van der Waals surface area contributed by atoms with Crippen molar-refractivity contribution in [3.8, 4) is 0 Å². The molecule has 1 aromatic rings. The first-order chi connectivity index (χ1) is 10.2. The summed E-state index contributed by atoms with van der Waals surface area (Å²) in [5.74, 6) is 0.202. The normalized spacial score (nSPS) is 26.3. The molecule has 0 spiro atoms. The number of ether oxygens (including phenoxy) is 1. The molecule has 0 unspecified atom stereocenters. The zero-order chi connectivity index (χ0) is 16.3. The summed E-state index contributed by atoms with van der Waals surface area (Å²) >= 11 is 0. The van der Waals surface area contributed by atoms with Crippen LogP contribution in [-0.2, 0) is 21.8 Å². The first-order valence-corrected chi connectivity index (χ1v) is 9.06. The standard InChI is InChI=1S/C15H22N2O4S/c1-5-21-14(18)12-9(2)13(10(3)17(12)4)22(19,20)16-15-6-11(7-15)8-15/h11,16H,5-8H2,1-4H3. The Hall–Kier alpha value is -1.34. The number of nitrogens with one attached hydrogen (secondary N) is 1. The molecule has 1 heterocycles. The van der Waals surface area contributed by atoms with Crippen LogP contribution in [-0.4, -0.2) is 31.1 Å². The van der Waals surface area contributed by atoms with Gasteiger partial charge in [0, 0.05) is 23.8 Å². The SMILES string of the molecule is CCOC(=O)c1c(C)c(S(=O)(=O)NC23CC(C2)C3)c(C)n1C. The van der Waals surface area contributed by atoms with Crippen LogP contribution in [0, 0.1) is 19.8 Å². The summed E-state index contributed by atoms with van der Waals surface area (Å²) in [6.45, 7) is 5.36. The Kier molecular flexibility index (Phi) is 3.41. The largest absolute Gasteiger partial charge is 0.461 e.